The number of anilines is 1. The van der Waals surface area contributed by atoms with Crippen LogP contribution < -0.4 is 19.5 Å². The zero-order chi connectivity index (χ0) is 28.3. The molecule has 0 unspecified atom stereocenters. The zero-order valence-corrected chi connectivity index (χ0v) is 18.9. The Morgan fingerprint density at radius 2 is 1.55 bits per heavy atom. The molecule has 0 heterocycles. The van der Waals surface area contributed by atoms with Gasteiger partial charge in [-0.05, 0) is 54.6 Å². The first-order valence-corrected chi connectivity index (χ1v) is 10.2. The van der Waals surface area contributed by atoms with Crippen molar-refractivity contribution < 1.29 is 54.7 Å². The number of nitro groups is 1. The Morgan fingerprint density at radius 3 is 2.11 bits per heavy atom. The monoisotopic (exact) mass is 548 g/mol. The normalized spacial score (nSPS) is 11.7. The van der Waals surface area contributed by atoms with Gasteiger partial charge in [0, 0.05) is 17.3 Å². The number of nitrogens with one attached hydrogen (secondary N) is 1. The van der Waals surface area contributed by atoms with E-state index in [1.54, 1.807) is 0 Å². The second-order valence-corrected chi connectivity index (χ2v) is 7.35. The standard InChI is InChI=1S/C23H15F7N2O6/c1-36-19-10-12(20(33)31-14-4-6-15(7-5-14)38-23(29,30)21(24)25)2-8-18(19)37-17-9-3-13(22(26,27)28)11-16(17)32(34)35/h2-11,21H,1H3,(H,31,33). The van der Waals surface area contributed by atoms with Crippen molar-refractivity contribution in [1.82, 2.24) is 0 Å². The van der Waals surface area contributed by atoms with Crippen LogP contribution in [0.2, 0.25) is 0 Å². The lowest BCUT2D eigenvalue weighted by Crippen LogP contribution is -2.33. The number of halogens is 7. The van der Waals surface area contributed by atoms with Gasteiger partial charge < -0.3 is 19.5 Å². The van der Waals surface area contributed by atoms with E-state index in [-0.39, 0.29) is 22.7 Å². The minimum absolute atomic E-state index is 0.0271. The molecule has 0 radical (unpaired) electrons. The lowest BCUT2D eigenvalue weighted by molar-refractivity contribution is -0.385. The van der Waals surface area contributed by atoms with E-state index in [1.165, 1.54) is 25.3 Å². The molecule has 3 rings (SSSR count). The Bertz CT molecular complexity index is 1330. The van der Waals surface area contributed by atoms with Crippen LogP contribution in [-0.4, -0.2) is 30.5 Å². The maximum absolute atomic E-state index is 13.0. The van der Waals surface area contributed by atoms with E-state index in [9.17, 15) is 45.6 Å². The number of carbonyl (C=O) groups is 1. The molecule has 0 spiro atoms. The minimum atomic E-state index is -4.82. The summed E-state index contributed by atoms with van der Waals surface area (Å²) in [5.74, 6) is -2.09. The molecular formula is C23H15F7N2O6. The number of nitro benzene ring substituents is 1. The minimum Gasteiger partial charge on any atom is -0.493 e. The van der Waals surface area contributed by atoms with Crippen molar-refractivity contribution in [1.29, 1.82) is 0 Å². The molecule has 8 nitrogen and oxygen atoms in total. The lowest BCUT2D eigenvalue weighted by atomic mass is 10.1. The molecule has 0 saturated carbocycles. The van der Waals surface area contributed by atoms with Crippen molar-refractivity contribution in [3.63, 3.8) is 0 Å². The summed E-state index contributed by atoms with van der Waals surface area (Å²) in [5, 5.41) is 13.7. The first-order chi connectivity index (χ1) is 17.7. The van der Waals surface area contributed by atoms with E-state index in [1.807, 2.05) is 0 Å². The molecule has 1 amide bonds. The van der Waals surface area contributed by atoms with Gasteiger partial charge in [0.2, 0.25) is 5.75 Å². The lowest BCUT2D eigenvalue weighted by Gasteiger charge is -2.17. The van der Waals surface area contributed by atoms with E-state index in [0.717, 1.165) is 30.3 Å². The third-order valence-electron chi connectivity index (χ3n) is 4.75. The van der Waals surface area contributed by atoms with Crippen LogP contribution in [-0.2, 0) is 6.18 Å². The maximum atomic E-state index is 13.0. The summed E-state index contributed by atoms with van der Waals surface area (Å²) in [7, 11) is 1.18. The van der Waals surface area contributed by atoms with E-state index >= 15 is 0 Å². The van der Waals surface area contributed by atoms with Gasteiger partial charge in [-0.3, -0.25) is 14.9 Å². The number of nitrogens with zero attached hydrogens (tertiary/aromatic N) is 1. The highest BCUT2D eigenvalue weighted by molar-refractivity contribution is 6.04. The fourth-order valence-electron chi connectivity index (χ4n) is 2.95. The zero-order valence-electron chi connectivity index (χ0n) is 18.9. The summed E-state index contributed by atoms with van der Waals surface area (Å²) < 4.78 is 104. The molecule has 0 aliphatic heterocycles. The second-order valence-electron chi connectivity index (χ2n) is 7.35. The highest BCUT2D eigenvalue weighted by Crippen LogP contribution is 2.40. The topological polar surface area (TPSA) is 99.9 Å². The predicted molar refractivity (Wildman–Crippen MR) is 117 cm³/mol. The highest BCUT2D eigenvalue weighted by atomic mass is 19.4. The van der Waals surface area contributed by atoms with E-state index in [0.29, 0.717) is 12.1 Å². The van der Waals surface area contributed by atoms with Gasteiger partial charge in [0.1, 0.15) is 5.75 Å². The summed E-state index contributed by atoms with van der Waals surface area (Å²) in [6.07, 6.45) is -13.6. The molecule has 0 aliphatic rings. The number of benzene rings is 3. The number of methoxy groups -OCH3 is 1. The quantitative estimate of drug-likeness (QED) is 0.177. The average Bonchev–Trinajstić information content (AvgIpc) is 2.84. The smallest absolute Gasteiger partial charge is 0.461 e. The van der Waals surface area contributed by atoms with Crippen LogP contribution in [0.5, 0.6) is 23.0 Å². The average molecular weight is 548 g/mol. The van der Waals surface area contributed by atoms with Crippen molar-refractivity contribution >= 4 is 17.3 Å². The van der Waals surface area contributed by atoms with Gasteiger partial charge in [-0.25, -0.2) is 0 Å². The van der Waals surface area contributed by atoms with Crippen LogP contribution >= 0.6 is 0 Å². The summed E-state index contributed by atoms with van der Waals surface area (Å²) >= 11 is 0. The molecule has 1 N–H and O–H groups in total. The summed E-state index contributed by atoms with van der Waals surface area (Å²) in [4.78, 5) is 22.8. The Balaban J connectivity index is 1.78. The molecule has 0 bridgehead atoms. The van der Waals surface area contributed by atoms with Gasteiger partial charge in [0.15, 0.2) is 11.5 Å². The molecule has 0 aromatic heterocycles. The molecule has 202 valence electrons. The van der Waals surface area contributed by atoms with Crippen molar-refractivity contribution in [2.24, 2.45) is 0 Å². The first-order valence-electron chi connectivity index (χ1n) is 10.2. The molecule has 0 aliphatic carbocycles. The fourth-order valence-corrected chi connectivity index (χ4v) is 2.95. The molecule has 0 fully saturated rings. The van der Waals surface area contributed by atoms with Crippen LogP contribution in [0.1, 0.15) is 15.9 Å². The summed E-state index contributed by atoms with van der Waals surface area (Å²) in [6.45, 7) is 0. The molecule has 3 aromatic carbocycles. The number of alkyl halides is 7. The van der Waals surface area contributed by atoms with Gasteiger partial charge >= 0.3 is 24.4 Å². The van der Waals surface area contributed by atoms with E-state index < -0.39 is 52.3 Å². The van der Waals surface area contributed by atoms with Crippen LogP contribution in [0.4, 0.5) is 42.1 Å². The SMILES string of the molecule is COc1cc(C(=O)Nc2ccc(OC(F)(F)C(F)F)cc2)ccc1Oc1ccc(C(F)(F)F)cc1[N+](=O)[O-]. The second kappa shape index (κ2) is 10.8. The summed E-state index contributed by atoms with van der Waals surface area (Å²) in [5.41, 5.74) is -2.15. The van der Waals surface area contributed by atoms with Gasteiger partial charge in [-0.2, -0.15) is 30.7 Å². The van der Waals surface area contributed by atoms with Crippen LogP contribution in [0.25, 0.3) is 0 Å². The van der Waals surface area contributed by atoms with Gasteiger partial charge in [-0.15, -0.1) is 0 Å². The van der Waals surface area contributed by atoms with Crippen molar-refractivity contribution in [2.45, 2.75) is 18.7 Å². The van der Waals surface area contributed by atoms with Gasteiger partial charge in [0.25, 0.3) is 5.91 Å². The van der Waals surface area contributed by atoms with Crippen LogP contribution in [0.15, 0.2) is 60.7 Å². The van der Waals surface area contributed by atoms with Gasteiger partial charge in [-0.1, -0.05) is 0 Å². The highest BCUT2D eigenvalue weighted by Gasteiger charge is 2.44. The van der Waals surface area contributed by atoms with E-state index in [4.69, 9.17) is 9.47 Å². The molecule has 3 aromatic rings. The number of ether oxygens (including phenoxy) is 3. The molecule has 15 heteroatoms. The third-order valence-corrected chi connectivity index (χ3v) is 4.75. The predicted octanol–water partition coefficient (Wildman–Crippen LogP) is 6.90. The fraction of sp³-hybridized carbons (Fsp3) is 0.174. The molecule has 0 atom stereocenters. The largest absolute Gasteiger partial charge is 0.493 e. The van der Waals surface area contributed by atoms with Crippen molar-refractivity contribution in [2.75, 3.05) is 12.4 Å². The Hall–Kier alpha value is -4.56. The summed E-state index contributed by atoms with van der Waals surface area (Å²) in [6, 6.07) is 9.34. The number of amides is 1. The van der Waals surface area contributed by atoms with E-state index in [2.05, 4.69) is 10.1 Å². The number of hydrogen-bond acceptors (Lipinski definition) is 6. The Morgan fingerprint density at radius 1 is 0.921 bits per heavy atom. The molecule has 0 saturated heterocycles. The Kier molecular flexibility index (Phi) is 7.98. The van der Waals surface area contributed by atoms with Crippen LogP contribution in [0.3, 0.4) is 0 Å². The number of rotatable bonds is 9. The molecule has 38 heavy (non-hydrogen) atoms. The van der Waals surface area contributed by atoms with Crippen molar-refractivity contribution in [3.05, 3.63) is 81.9 Å². The van der Waals surface area contributed by atoms with Crippen LogP contribution in [0, 0.1) is 10.1 Å². The third kappa shape index (κ3) is 6.60. The number of hydrogen-bond donors (Lipinski definition) is 1. The van der Waals surface area contributed by atoms with Crippen molar-refractivity contribution in [3.8, 4) is 23.0 Å². The first kappa shape index (κ1) is 28.0. The number of carbonyl (C=O) groups excluding carboxylic acids is 1. The maximum Gasteiger partial charge on any atom is 0.461 e. The Labute approximate surface area is 208 Å². The van der Waals surface area contributed by atoms with Gasteiger partial charge in [0.05, 0.1) is 17.6 Å². The molecular weight excluding hydrogens is 533 g/mol.